The smallest absolute Gasteiger partial charge is 0.227 e. The molecule has 0 aromatic heterocycles. The van der Waals surface area contributed by atoms with Crippen molar-refractivity contribution >= 4 is 5.91 Å². The highest BCUT2D eigenvalue weighted by atomic mass is 19.1. The minimum Gasteiger partial charge on any atom is -0.497 e. The van der Waals surface area contributed by atoms with Crippen LogP contribution >= 0.6 is 0 Å². The second kappa shape index (κ2) is 8.88. The van der Waals surface area contributed by atoms with Crippen molar-refractivity contribution in [2.75, 3.05) is 20.2 Å². The quantitative estimate of drug-likeness (QED) is 0.695. The van der Waals surface area contributed by atoms with Crippen LogP contribution in [0.3, 0.4) is 0 Å². The van der Waals surface area contributed by atoms with Crippen LogP contribution in [0.25, 0.3) is 0 Å². The van der Waals surface area contributed by atoms with Crippen molar-refractivity contribution in [3.05, 3.63) is 52.2 Å². The molecule has 2 rings (SSSR count). The highest BCUT2D eigenvalue weighted by molar-refractivity contribution is 5.79. The van der Waals surface area contributed by atoms with Crippen LogP contribution in [0.1, 0.15) is 46.1 Å². The minimum atomic E-state index is -0.421. The Kier molecular flexibility index (Phi) is 6.83. The SMILES string of the molecule is CCC(C)=C(C)OC1=C(C)CCN(C(=O)Cc2ccc(OC)cc2F)C1. The zero-order chi connectivity index (χ0) is 19.3. The fourth-order valence-electron chi connectivity index (χ4n) is 2.76. The van der Waals surface area contributed by atoms with Crippen molar-refractivity contribution in [3.8, 4) is 5.75 Å². The summed E-state index contributed by atoms with van der Waals surface area (Å²) in [5.74, 6) is 1.63. The van der Waals surface area contributed by atoms with Gasteiger partial charge in [0, 0.05) is 12.6 Å². The number of benzene rings is 1. The van der Waals surface area contributed by atoms with E-state index in [0.29, 0.717) is 24.4 Å². The molecule has 4 nitrogen and oxygen atoms in total. The molecule has 1 amide bonds. The Hall–Kier alpha value is -2.30. The van der Waals surface area contributed by atoms with Gasteiger partial charge in [-0.05, 0) is 56.4 Å². The van der Waals surface area contributed by atoms with E-state index in [2.05, 4.69) is 6.92 Å². The van der Waals surface area contributed by atoms with Crippen molar-refractivity contribution in [1.82, 2.24) is 4.90 Å². The van der Waals surface area contributed by atoms with Crippen LogP contribution in [0.15, 0.2) is 40.9 Å². The zero-order valence-electron chi connectivity index (χ0n) is 16.3. The predicted octanol–water partition coefficient (Wildman–Crippen LogP) is 4.60. The third-order valence-corrected chi connectivity index (χ3v) is 4.93. The molecule has 0 bridgehead atoms. The molecule has 0 radical (unpaired) electrons. The molecule has 0 aliphatic carbocycles. The van der Waals surface area contributed by atoms with E-state index >= 15 is 0 Å². The summed E-state index contributed by atoms with van der Waals surface area (Å²) in [6, 6.07) is 4.58. The normalized spacial score (nSPS) is 15.7. The molecule has 0 saturated carbocycles. The molecule has 0 atom stereocenters. The summed E-state index contributed by atoms with van der Waals surface area (Å²) < 4.78 is 25.1. The Morgan fingerprint density at radius 3 is 2.65 bits per heavy atom. The fraction of sp³-hybridized carbons (Fsp3) is 0.476. The molecule has 0 spiro atoms. The van der Waals surface area contributed by atoms with Crippen LogP contribution in [0, 0.1) is 5.82 Å². The summed E-state index contributed by atoms with van der Waals surface area (Å²) >= 11 is 0. The molecule has 0 fully saturated rings. The molecule has 1 aromatic rings. The maximum atomic E-state index is 14.1. The molecule has 1 heterocycles. The highest BCUT2D eigenvalue weighted by Crippen LogP contribution is 2.24. The van der Waals surface area contributed by atoms with Crippen molar-refractivity contribution in [2.24, 2.45) is 0 Å². The number of allylic oxidation sites excluding steroid dienone is 2. The van der Waals surface area contributed by atoms with E-state index in [-0.39, 0.29) is 12.3 Å². The van der Waals surface area contributed by atoms with Crippen LogP contribution in [-0.2, 0) is 16.0 Å². The van der Waals surface area contributed by atoms with Crippen molar-refractivity contribution in [1.29, 1.82) is 0 Å². The minimum absolute atomic E-state index is 0.0327. The summed E-state index contributed by atoms with van der Waals surface area (Å²) in [5, 5.41) is 0. The number of methoxy groups -OCH3 is 1. The molecule has 1 aliphatic heterocycles. The van der Waals surface area contributed by atoms with E-state index in [0.717, 1.165) is 29.9 Å². The van der Waals surface area contributed by atoms with Gasteiger partial charge in [-0.1, -0.05) is 13.0 Å². The van der Waals surface area contributed by atoms with Gasteiger partial charge >= 0.3 is 0 Å². The van der Waals surface area contributed by atoms with Crippen LogP contribution < -0.4 is 4.74 Å². The fourth-order valence-corrected chi connectivity index (χ4v) is 2.76. The topological polar surface area (TPSA) is 38.8 Å². The second-order valence-corrected chi connectivity index (χ2v) is 6.70. The lowest BCUT2D eigenvalue weighted by atomic mass is 10.1. The first-order chi connectivity index (χ1) is 12.3. The van der Waals surface area contributed by atoms with Gasteiger partial charge in [0.2, 0.25) is 5.91 Å². The Labute approximate surface area is 155 Å². The number of hydrogen-bond donors (Lipinski definition) is 0. The molecule has 26 heavy (non-hydrogen) atoms. The van der Waals surface area contributed by atoms with Gasteiger partial charge in [0.15, 0.2) is 0 Å². The Bertz CT molecular complexity index is 737. The number of ether oxygens (including phenoxy) is 2. The van der Waals surface area contributed by atoms with Gasteiger partial charge in [0.25, 0.3) is 0 Å². The predicted molar refractivity (Wildman–Crippen MR) is 100 cm³/mol. The second-order valence-electron chi connectivity index (χ2n) is 6.70. The lowest BCUT2D eigenvalue weighted by molar-refractivity contribution is -0.130. The number of nitrogens with zero attached hydrogens (tertiary/aromatic N) is 1. The maximum absolute atomic E-state index is 14.1. The number of rotatable bonds is 6. The first-order valence-electron chi connectivity index (χ1n) is 8.98. The van der Waals surface area contributed by atoms with Gasteiger partial charge in [-0.15, -0.1) is 0 Å². The van der Waals surface area contributed by atoms with Crippen molar-refractivity contribution < 1.29 is 18.7 Å². The molecule has 1 aromatic carbocycles. The number of carbonyl (C=O) groups is 1. The summed E-state index contributed by atoms with van der Waals surface area (Å²) in [6.45, 7) is 9.18. The average Bonchev–Trinajstić information content (AvgIpc) is 2.64. The summed E-state index contributed by atoms with van der Waals surface area (Å²) in [4.78, 5) is 14.4. The molecular formula is C21H28FNO3. The van der Waals surface area contributed by atoms with E-state index in [4.69, 9.17) is 9.47 Å². The monoisotopic (exact) mass is 361 g/mol. The number of halogens is 1. The van der Waals surface area contributed by atoms with E-state index in [9.17, 15) is 9.18 Å². The Morgan fingerprint density at radius 1 is 1.31 bits per heavy atom. The molecule has 142 valence electrons. The van der Waals surface area contributed by atoms with Crippen molar-refractivity contribution in [3.63, 3.8) is 0 Å². The standard InChI is InChI=1S/C21H28FNO3/c1-6-14(2)16(4)26-20-13-23(10-9-15(20)3)21(24)11-17-7-8-18(25-5)12-19(17)22/h7-8,12H,6,9-11,13H2,1-5H3. The van der Waals surface area contributed by atoms with E-state index in [1.165, 1.54) is 18.7 Å². The van der Waals surface area contributed by atoms with Gasteiger partial charge in [0.1, 0.15) is 17.3 Å². The average molecular weight is 361 g/mol. The third-order valence-electron chi connectivity index (χ3n) is 4.93. The largest absolute Gasteiger partial charge is 0.497 e. The number of amides is 1. The van der Waals surface area contributed by atoms with Crippen LogP contribution in [-0.4, -0.2) is 31.0 Å². The summed E-state index contributed by atoms with van der Waals surface area (Å²) in [7, 11) is 1.49. The Morgan fingerprint density at radius 2 is 2.04 bits per heavy atom. The highest BCUT2D eigenvalue weighted by Gasteiger charge is 2.23. The Balaban J connectivity index is 2.07. The zero-order valence-corrected chi connectivity index (χ0v) is 16.3. The lowest BCUT2D eigenvalue weighted by Gasteiger charge is -2.30. The lowest BCUT2D eigenvalue weighted by Crippen LogP contribution is -2.38. The first-order valence-corrected chi connectivity index (χ1v) is 8.98. The number of hydrogen-bond acceptors (Lipinski definition) is 3. The number of carbonyl (C=O) groups excluding carboxylic acids is 1. The van der Waals surface area contributed by atoms with Gasteiger partial charge in [-0.2, -0.15) is 0 Å². The molecule has 0 N–H and O–H groups in total. The molecule has 0 unspecified atom stereocenters. The van der Waals surface area contributed by atoms with Gasteiger partial charge < -0.3 is 14.4 Å². The molecule has 0 saturated heterocycles. The van der Waals surface area contributed by atoms with Gasteiger partial charge in [-0.3, -0.25) is 4.79 Å². The van der Waals surface area contributed by atoms with Gasteiger partial charge in [-0.25, -0.2) is 4.39 Å². The third kappa shape index (κ3) is 4.87. The van der Waals surface area contributed by atoms with Crippen molar-refractivity contribution in [2.45, 2.75) is 47.0 Å². The van der Waals surface area contributed by atoms with E-state index in [1.54, 1.807) is 17.0 Å². The molecular weight excluding hydrogens is 333 g/mol. The first kappa shape index (κ1) is 20.0. The van der Waals surface area contributed by atoms with Crippen LogP contribution in [0.4, 0.5) is 4.39 Å². The molecule has 5 heteroatoms. The summed E-state index contributed by atoms with van der Waals surface area (Å²) in [6.07, 6.45) is 1.73. The van der Waals surface area contributed by atoms with Crippen LogP contribution in [0.2, 0.25) is 0 Å². The van der Waals surface area contributed by atoms with Crippen LogP contribution in [0.5, 0.6) is 5.75 Å². The van der Waals surface area contributed by atoms with Gasteiger partial charge in [0.05, 0.1) is 25.8 Å². The molecule has 1 aliphatic rings. The van der Waals surface area contributed by atoms with E-state index < -0.39 is 5.82 Å². The maximum Gasteiger partial charge on any atom is 0.227 e. The van der Waals surface area contributed by atoms with E-state index in [1.807, 2.05) is 20.8 Å². The summed E-state index contributed by atoms with van der Waals surface area (Å²) in [5.41, 5.74) is 2.73.